The molecule has 112 valence electrons. The summed E-state index contributed by atoms with van der Waals surface area (Å²) in [6.45, 7) is -0.389. The molecule has 2 aromatic rings. The van der Waals surface area contributed by atoms with Crippen LogP contribution in [0.4, 0.5) is 9.93 Å². The topological polar surface area (TPSA) is 105 Å². The van der Waals surface area contributed by atoms with Gasteiger partial charge in [0.25, 0.3) is 5.91 Å². The van der Waals surface area contributed by atoms with Crippen molar-refractivity contribution in [3.8, 4) is 0 Å². The molecule has 0 aromatic carbocycles. The van der Waals surface area contributed by atoms with Gasteiger partial charge in [0.15, 0.2) is 5.13 Å². The highest BCUT2D eigenvalue weighted by molar-refractivity contribution is 7.13. The van der Waals surface area contributed by atoms with Gasteiger partial charge < -0.3 is 15.1 Å². The summed E-state index contributed by atoms with van der Waals surface area (Å²) in [6.07, 6.45) is 4.39. The summed E-state index contributed by atoms with van der Waals surface area (Å²) in [4.78, 5) is 40.4. The minimum atomic E-state index is -0.655. The number of anilines is 1. The molecule has 0 spiro atoms. The number of thiazole rings is 1. The zero-order chi connectivity index (χ0) is 15.5. The van der Waals surface area contributed by atoms with Crippen LogP contribution >= 0.6 is 11.3 Å². The van der Waals surface area contributed by atoms with Crippen molar-refractivity contribution in [2.24, 2.45) is 0 Å². The molecule has 0 aliphatic carbocycles. The first-order chi connectivity index (χ1) is 10.6. The standard InChI is InChI=1S/C13H10N4O4S/c18-10(16-12-14-3-5-22-12)7-17-11(19)9(15-13(17)20)6-8-2-1-4-21-8/h1-6H,7H2,(H,15,20)(H,14,16,18)/b9-6-. The molecule has 22 heavy (non-hydrogen) atoms. The van der Waals surface area contributed by atoms with Gasteiger partial charge in [0.1, 0.15) is 18.0 Å². The van der Waals surface area contributed by atoms with E-state index >= 15 is 0 Å². The van der Waals surface area contributed by atoms with Crippen LogP contribution in [0.1, 0.15) is 5.76 Å². The summed E-state index contributed by atoms with van der Waals surface area (Å²) in [6, 6.07) is 2.65. The minimum absolute atomic E-state index is 0.0574. The number of nitrogens with one attached hydrogen (secondary N) is 2. The van der Waals surface area contributed by atoms with Gasteiger partial charge in [-0.1, -0.05) is 0 Å². The minimum Gasteiger partial charge on any atom is -0.465 e. The fourth-order valence-electron chi connectivity index (χ4n) is 1.82. The third-order valence-electron chi connectivity index (χ3n) is 2.77. The average molecular weight is 318 g/mol. The lowest BCUT2D eigenvalue weighted by atomic mass is 10.3. The van der Waals surface area contributed by atoms with E-state index in [0.717, 1.165) is 4.90 Å². The number of hydrogen-bond donors (Lipinski definition) is 2. The fraction of sp³-hybridized carbons (Fsp3) is 0.0769. The molecular formula is C13H10N4O4S. The third kappa shape index (κ3) is 2.88. The number of carbonyl (C=O) groups excluding carboxylic acids is 3. The Kier molecular flexibility index (Phi) is 3.71. The molecule has 1 aliphatic rings. The quantitative estimate of drug-likeness (QED) is 0.652. The van der Waals surface area contributed by atoms with Gasteiger partial charge >= 0.3 is 6.03 Å². The van der Waals surface area contributed by atoms with Crippen LogP contribution in [0.15, 0.2) is 40.1 Å². The number of rotatable bonds is 4. The van der Waals surface area contributed by atoms with Crippen LogP contribution in [0.2, 0.25) is 0 Å². The van der Waals surface area contributed by atoms with Crippen molar-refractivity contribution < 1.29 is 18.8 Å². The molecule has 2 N–H and O–H groups in total. The summed E-state index contributed by atoms with van der Waals surface area (Å²) >= 11 is 1.24. The number of aromatic nitrogens is 1. The SMILES string of the molecule is O=C(CN1C(=O)N/C(=C\c2ccco2)C1=O)Nc1nccs1. The Morgan fingerprint density at radius 2 is 2.36 bits per heavy atom. The second-order valence-corrected chi connectivity index (χ2v) is 5.17. The van der Waals surface area contributed by atoms with Crippen molar-refractivity contribution in [2.75, 3.05) is 11.9 Å². The molecule has 0 atom stereocenters. The first kappa shape index (κ1) is 14.0. The van der Waals surface area contributed by atoms with Crippen molar-refractivity contribution in [1.29, 1.82) is 0 Å². The molecule has 3 heterocycles. The van der Waals surface area contributed by atoms with Crippen LogP contribution in [0.3, 0.4) is 0 Å². The molecule has 4 amide bonds. The van der Waals surface area contributed by atoms with E-state index < -0.39 is 17.8 Å². The number of urea groups is 1. The molecule has 0 saturated carbocycles. The molecule has 1 aliphatic heterocycles. The van der Waals surface area contributed by atoms with Crippen molar-refractivity contribution in [3.63, 3.8) is 0 Å². The zero-order valence-electron chi connectivity index (χ0n) is 11.1. The van der Waals surface area contributed by atoms with E-state index in [1.807, 2.05) is 0 Å². The Balaban J connectivity index is 1.68. The summed E-state index contributed by atoms with van der Waals surface area (Å²) in [5.41, 5.74) is 0.0574. The summed E-state index contributed by atoms with van der Waals surface area (Å²) in [5.74, 6) is -0.661. The molecule has 1 saturated heterocycles. The first-order valence-electron chi connectivity index (χ1n) is 6.21. The predicted molar refractivity (Wildman–Crippen MR) is 77.7 cm³/mol. The number of nitrogens with zero attached hydrogens (tertiary/aromatic N) is 2. The van der Waals surface area contributed by atoms with Gasteiger partial charge in [0.2, 0.25) is 5.91 Å². The van der Waals surface area contributed by atoms with E-state index in [2.05, 4.69) is 15.6 Å². The van der Waals surface area contributed by atoms with Gasteiger partial charge in [0.05, 0.1) is 6.26 Å². The van der Waals surface area contributed by atoms with Crippen LogP contribution in [0, 0.1) is 0 Å². The fourth-order valence-corrected chi connectivity index (χ4v) is 2.36. The highest BCUT2D eigenvalue weighted by Crippen LogP contribution is 2.15. The Morgan fingerprint density at radius 1 is 1.50 bits per heavy atom. The van der Waals surface area contributed by atoms with E-state index in [-0.39, 0.29) is 12.2 Å². The molecule has 3 rings (SSSR count). The Morgan fingerprint density at radius 3 is 3.05 bits per heavy atom. The molecule has 0 unspecified atom stereocenters. The van der Waals surface area contributed by atoms with Crippen LogP contribution in [-0.2, 0) is 9.59 Å². The van der Waals surface area contributed by atoms with Crippen molar-refractivity contribution in [3.05, 3.63) is 41.4 Å². The summed E-state index contributed by atoms with van der Waals surface area (Å²) in [5, 5.41) is 7.02. The lowest BCUT2D eigenvalue weighted by Crippen LogP contribution is -2.38. The number of imide groups is 1. The Bertz CT molecular complexity index is 736. The molecule has 0 bridgehead atoms. The van der Waals surface area contributed by atoms with E-state index in [9.17, 15) is 14.4 Å². The largest absolute Gasteiger partial charge is 0.465 e. The van der Waals surface area contributed by atoms with E-state index in [4.69, 9.17) is 4.42 Å². The van der Waals surface area contributed by atoms with E-state index in [0.29, 0.717) is 10.9 Å². The number of furan rings is 1. The molecule has 1 fully saturated rings. The van der Waals surface area contributed by atoms with Gasteiger partial charge in [-0.2, -0.15) is 0 Å². The molecular weight excluding hydrogens is 308 g/mol. The van der Waals surface area contributed by atoms with Crippen molar-refractivity contribution >= 4 is 40.4 Å². The number of hydrogen-bond acceptors (Lipinski definition) is 6. The van der Waals surface area contributed by atoms with E-state index in [1.54, 1.807) is 17.5 Å². The highest BCUT2D eigenvalue weighted by Gasteiger charge is 2.35. The summed E-state index contributed by atoms with van der Waals surface area (Å²) in [7, 11) is 0. The van der Waals surface area contributed by atoms with Crippen LogP contribution < -0.4 is 10.6 Å². The molecule has 9 heteroatoms. The van der Waals surface area contributed by atoms with Gasteiger partial charge in [-0.3, -0.25) is 9.59 Å². The van der Waals surface area contributed by atoms with Gasteiger partial charge in [0, 0.05) is 17.7 Å². The van der Waals surface area contributed by atoms with Gasteiger partial charge in [-0.25, -0.2) is 14.7 Å². The van der Waals surface area contributed by atoms with Crippen LogP contribution in [-0.4, -0.2) is 34.3 Å². The Labute approximate surface area is 128 Å². The lowest BCUT2D eigenvalue weighted by molar-refractivity contribution is -0.127. The van der Waals surface area contributed by atoms with Crippen LogP contribution in [0.5, 0.6) is 0 Å². The molecule has 8 nitrogen and oxygen atoms in total. The highest BCUT2D eigenvalue weighted by atomic mass is 32.1. The normalized spacial score (nSPS) is 16.2. The predicted octanol–water partition coefficient (Wildman–Crippen LogP) is 1.27. The number of carbonyl (C=O) groups is 3. The second-order valence-electron chi connectivity index (χ2n) is 4.28. The van der Waals surface area contributed by atoms with Gasteiger partial charge in [-0.05, 0) is 12.1 Å². The Hall–Kier alpha value is -2.94. The van der Waals surface area contributed by atoms with Crippen molar-refractivity contribution in [1.82, 2.24) is 15.2 Å². The third-order valence-corrected chi connectivity index (χ3v) is 3.46. The molecule has 0 radical (unpaired) electrons. The average Bonchev–Trinajstić information content (AvgIpc) is 3.20. The maximum absolute atomic E-state index is 12.1. The zero-order valence-corrected chi connectivity index (χ0v) is 11.9. The monoisotopic (exact) mass is 318 g/mol. The van der Waals surface area contributed by atoms with Crippen molar-refractivity contribution in [2.45, 2.75) is 0 Å². The number of amides is 4. The lowest BCUT2D eigenvalue weighted by Gasteiger charge is -2.10. The smallest absolute Gasteiger partial charge is 0.329 e. The van der Waals surface area contributed by atoms with Crippen LogP contribution in [0.25, 0.3) is 6.08 Å². The van der Waals surface area contributed by atoms with Gasteiger partial charge in [-0.15, -0.1) is 11.3 Å². The summed E-state index contributed by atoms with van der Waals surface area (Å²) < 4.78 is 5.08. The van der Waals surface area contributed by atoms with E-state index in [1.165, 1.54) is 29.9 Å². The molecule has 2 aromatic heterocycles. The maximum Gasteiger partial charge on any atom is 0.329 e. The first-order valence-corrected chi connectivity index (χ1v) is 7.09. The second kappa shape index (κ2) is 5.82. The maximum atomic E-state index is 12.1.